The van der Waals surface area contributed by atoms with Crippen LogP contribution >= 0.6 is 24.8 Å². The zero-order valence-electron chi connectivity index (χ0n) is 14.7. The second-order valence-corrected chi connectivity index (χ2v) is 7.00. The number of aromatic nitrogens is 3. The van der Waals surface area contributed by atoms with Crippen LogP contribution in [-0.2, 0) is 7.05 Å². The molecule has 4 rings (SSSR count). The number of halogens is 2. The quantitative estimate of drug-likeness (QED) is 0.862. The second-order valence-electron chi connectivity index (χ2n) is 7.00. The summed E-state index contributed by atoms with van der Waals surface area (Å²) in [6, 6.07) is 3.36. The maximum atomic E-state index is 13.1. The van der Waals surface area contributed by atoms with Gasteiger partial charge in [-0.05, 0) is 38.7 Å². The number of aryl methyl sites for hydroxylation is 2. The van der Waals surface area contributed by atoms with E-state index in [2.05, 4.69) is 15.4 Å². The Morgan fingerprint density at radius 3 is 2.56 bits per heavy atom. The lowest BCUT2D eigenvalue weighted by Crippen LogP contribution is -2.48. The Balaban J connectivity index is 0.00000113. The molecule has 1 amide bonds. The van der Waals surface area contributed by atoms with Gasteiger partial charge in [0, 0.05) is 37.9 Å². The Labute approximate surface area is 160 Å². The minimum Gasteiger partial charge on any atom is -0.339 e. The molecular weight excluding hydrogens is 361 g/mol. The fraction of sp³-hybridized carbons (Fsp3) is 0.588. The van der Waals surface area contributed by atoms with Crippen LogP contribution in [0, 0.1) is 6.92 Å². The lowest BCUT2D eigenvalue weighted by Gasteiger charge is -2.35. The van der Waals surface area contributed by atoms with E-state index < -0.39 is 0 Å². The first-order chi connectivity index (χ1) is 11.0. The van der Waals surface area contributed by atoms with E-state index in [9.17, 15) is 4.79 Å². The van der Waals surface area contributed by atoms with Gasteiger partial charge in [-0.1, -0.05) is 0 Å². The van der Waals surface area contributed by atoms with E-state index in [0.717, 1.165) is 29.6 Å². The predicted molar refractivity (Wildman–Crippen MR) is 103 cm³/mol. The van der Waals surface area contributed by atoms with Crippen molar-refractivity contribution in [3.05, 3.63) is 23.5 Å². The zero-order valence-corrected chi connectivity index (χ0v) is 16.4. The standard InChI is InChI=1S/C17H23N5O.2ClH/c1-10-6-14(15-9-18-22(3)16(15)19-10)17(23)21(2)13-7-11-4-5-12(8-13)20-11;;/h6,9,11-13,20H,4-5,7-8H2,1-3H3;2*1H. The van der Waals surface area contributed by atoms with Crippen LogP contribution in [0.3, 0.4) is 0 Å². The van der Waals surface area contributed by atoms with Gasteiger partial charge in [-0.2, -0.15) is 5.10 Å². The van der Waals surface area contributed by atoms with Crippen molar-refractivity contribution in [2.24, 2.45) is 7.05 Å². The van der Waals surface area contributed by atoms with E-state index in [1.54, 1.807) is 10.9 Å². The number of amides is 1. The molecule has 1 N–H and O–H groups in total. The average Bonchev–Trinajstić information content (AvgIpc) is 3.07. The Bertz CT molecular complexity index is 766. The van der Waals surface area contributed by atoms with Gasteiger partial charge in [0.05, 0.1) is 17.1 Å². The van der Waals surface area contributed by atoms with E-state index in [1.807, 2.05) is 32.0 Å². The lowest BCUT2D eigenvalue weighted by atomic mass is 9.97. The van der Waals surface area contributed by atoms with Crippen LogP contribution in [0.2, 0.25) is 0 Å². The summed E-state index contributed by atoms with van der Waals surface area (Å²) in [5, 5.41) is 8.73. The second kappa shape index (κ2) is 7.48. The van der Waals surface area contributed by atoms with Crippen LogP contribution in [-0.4, -0.2) is 50.7 Å². The largest absolute Gasteiger partial charge is 0.339 e. The number of hydrogen-bond donors (Lipinski definition) is 1. The van der Waals surface area contributed by atoms with Crippen molar-refractivity contribution < 1.29 is 4.79 Å². The van der Waals surface area contributed by atoms with Crippen molar-refractivity contribution in [3.63, 3.8) is 0 Å². The van der Waals surface area contributed by atoms with Crippen LogP contribution in [0.15, 0.2) is 12.3 Å². The number of rotatable bonds is 2. The van der Waals surface area contributed by atoms with Crippen LogP contribution in [0.1, 0.15) is 41.7 Å². The molecule has 2 aromatic heterocycles. The third-order valence-electron chi connectivity index (χ3n) is 5.38. The van der Waals surface area contributed by atoms with Gasteiger partial charge in [-0.3, -0.25) is 9.48 Å². The third kappa shape index (κ3) is 3.48. The highest BCUT2D eigenvalue weighted by Crippen LogP contribution is 2.30. The van der Waals surface area contributed by atoms with Crippen LogP contribution in [0.5, 0.6) is 0 Å². The van der Waals surface area contributed by atoms with Crippen molar-refractivity contribution in [1.82, 2.24) is 25.0 Å². The van der Waals surface area contributed by atoms with Gasteiger partial charge >= 0.3 is 0 Å². The zero-order chi connectivity index (χ0) is 16.1. The first-order valence-electron chi connectivity index (χ1n) is 8.35. The molecule has 2 bridgehead atoms. The Kier molecular flexibility index (Phi) is 5.97. The van der Waals surface area contributed by atoms with Gasteiger partial charge in [0.15, 0.2) is 5.65 Å². The molecule has 8 heteroatoms. The van der Waals surface area contributed by atoms with E-state index >= 15 is 0 Å². The van der Waals surface area contributed by atoms with Gasteiger partial charge in [-0.25, -0.2) is 4.98 Å². The minimum atomic E-state index is 0. The number of piperidine rings is 1. The van der Waals surface area contributed by atoms with Gasteiger partial charge in [0.1, 0.15) is 0 Å². The molecule has 25 heavy (non-hydrogen) atoms. The average molecular weight is 386 g/mol. The molecule has 0 saturated carbocycles. The van der Waals surface area contributed by atoms with Crippen LogP contribution in [0.4, 0.5) is 0 Å². The molecule has 2 atom stereocenters. The van der Waals surface area contributed by atoms with Crippen molar-refractivity contribution in [1.29, 1.82) is 0 Å². The normalized spacial score (nSPS) is 24.5. The molecule has 0 spiro atoms. The van der Waals surface area contributed by atoms with E-state index in [-0.39, 0.29) is 30.7 Å². The van der Waals surface area contributed by atoms with E-state index in [0.29, 0.717) is 23.7 Å². The summed E-state index contributed by atoms with van der Waals surface area (Å²) in [6.45, 7) is 1.92. The summed E-state index contributed by atoms with van der Waals surface area (Å²) in [5.41, 5.74) is 2.34. The molecule has 0 aromatic carbocycles. The van der Waals surface area contributed by atoms with Gasteiger partial charge in [0.2, 0.25) is 0 Å². The van der Waals surface area contributed by atoms with Crippen molar-refractivity contribution in [2.75, 3.05) is 7.05 Å². The highest BCUT2D eigenvalue weighted by atomic mass is 35.5. The molecule has 2 saturated heterocycles. The Morgan fingerprint density at radius 2 is 1.92 bits per heavy atom. The molecule has 2 unspecified atom stereocenters. The van der Waals surface area contributed by atoms with Gasteiger partial charge < -0.3 is 10.2 Å². The first-order valence-corrected chi connectivity index (χ1v) is 8.35. The number of carbonyl (C=O) groups excluding carboxylic acids is 1. The first kappa shape index (κ1) is 19.9. The Hall–Kier alpha value is -1.37. The summed E-state index contributed by atoms with van der Waals surface area (Å²) < 4.78 is 1.73. The molecule has 4 heterocycles. The number of hydrogen-bond acceptors (Lipinski definition) is 4. The van der Waals surface area contributed by atoms with Gasteiger partial charge in [0.25, 0.3) is 5.91 Å². The molecule has 6 nitrogen and oxygen atoms in total. The van der Waals surface area contributed by atoms with E-state index in [4.69, 9.17) is 0 Å². The number of nitrogens with zero attached hydrogens (tertiary/aromatic N) is 4. The maximum Gasteiger partial charge on any atom is 0.254 e. The van der Waals surface area contributed by atoms with Crippen molar-refractivity contribution in [2.45, 2.75) is 50.7 Å². The molecule has 0 radical (unpaired) electrons. The number of fused-ring (bicyclic) bond motifs is 3. The van der Waals surface area contributed by atoms with Crippen molar-refractivity contribution in [3.8, 4) is 0 Å². The number of carbonyl (C=O) groups is 1. The fourth-order valence-electron chi connectivity index (χ4n) is 4.12. The topological polar surface area (TPSA) is 63.1 Å². The van der Waals surface area contributed by atoms with Crippen LogP contribution in [0.25, 0.3) is 11.0 Å². The highest BCUT2D eigenvalue weighted by molar-refractivity contribution is 6.05. The molecule has 2 fully saturated rings. The maximum absolute atomic E-state index is 13.1. The molecule has 2 aromatic rings. The molecule has 2 aliphatic heterocycles. The SMILES string of the molecule is Cc1cc(C(=O)N(C)C2CC3CCC(C2)N3)c2cnn(C)c2n1.Cl.Cl. The fourth-order valence-corrected chi connectivity index (χ4v) is 4.12. The summed E-state index contributed by atoms with van der Waals surface area (Å²) in [5.74, 6) is 0.0831. The summed E-state index contributed by atoms with van der Waals surface area (Å²) >= 11 is 0. The van der Waals surface area contributed by atoms with E-state index in [1.165, 1.54) is 12.8 Å². The lowest BCUT2D eigenvalue weighted by molar-refractivity contribution is 0.0683. The number of pyridine rings is 1. The minimum absolute atomic E-state index is 0. The van der Waals surface area contributed by atoms with Crippen molar-refractivity contribution >= 4 is 41.8 Å². The molecule has 0 aliphatic carbocycles. The van der Waals surface area contributed by atoms with Gasteiger partial charge in [-0.15, -0.1) is 24.8 Å². The molecular formula is C17H25Cl2N5O. The van der Waals surface area contributed by atoms with Crippen LogP contribution < -0.4 is 5.32 Å². The number of nitrogens with one attached hydrogen (secondary N) is 1. The Morgan fingerprint density at radius 1 is 1.28 bits per heavy atom. The monoisotopic (exact) mass is 385 g/mol. The summed E-state index contributed by atoms with van der Waals surface area (Å²) in [6.07, 6.45) is 6.34. The predicted octanol–water partition coefficient (Wildman–Crippen LogP) is 2.48. The molecule has 138 valence electrons. The smallest absolute Gasteiger partial charge is 0.254 e. The summed E-state index contributed by atoms with van der Waals surface area (Å²) in [7, 11) is 3.80. The third-order valence-corrected chi connectivity index (χ3v) is 5.38. The molecule has 2 aliphatic rings. The summed E-state index contributed by atoms with van der Waals surface area (Å²) in [4.78, 5) is 19.5. The highest BCUT2D eigenvalue weighted by Gasteiger charge is 2.36.